The van der Waals surface area contributed by atoms with Crippen molar-refractivity contribution in [2.24, 2.45) is 5.41 Å². The molecule has 0 atom stereocenters. The van der Waals surface area contributed by atoms with Gasteiger partial charge in [0.15, 0.2) is 0 Å². The van der Waals surface area contributed by atoms with Gasteiger partial charge in [-0.3, -0.25) is 9.78 Å². The summed E-state index contributed by atoms with van der Waals surface area (Å²) in [5, 5.41) is 0.364. The average Bonchev–Trinajstić information content (AvgIpc) is 2.86. The van der Waals surface area contributed by atoms with Gasteiger partial charge >= 0.3 is 6.18 Å². The van der Waals surface area contributed by atoms with Crippen molar-refractivity contribution in [1.82, 2.24) is 14.5 Å². The number of hydrogen-bond donors (Lipinski definition) is 0. The van der Waals surface area contributed by atoms with Crippen LogP contribution in [0.5, 0.6) is 0 Å². The summed E-state index contributed by atoms with van der Waals surface area (Å²) in [7, 11) is 1.60. The van der Waals surface area contributed by atoms with E-state index < -0.39 is 23.8 Å². The van der Waals surface area contributed by atoms with Crippen LogP contribution in [0.3, 0.4) is 0 Å². The van der Waals surface area contributed by atoms with E-state index in [2.05, 4.69) is 4.98 Å². The van der Waals surface area contributed by atoms with Crippen LogP contribution in [0, 0.1) is 12.3 Å². The smallest absolute Gasteiger partial charge is 0.340 e. The van der Waals surface area contributed by atoms with E-state index in [0.29, 0.717) is 11.6 Å². The molecule has 2 rings (SSSR count). The van der Waals surface area contributed by atoms with Gasteiger partial charge in [-0.1, -0.05) is 32.4 Å². The van der Waals surface area contributed by atoms with Crippen molar-refractivity contribution in [1.29, 1.82) is 0 Å². The van der Waals surface area contributed by atoms with Crippen molar-refractivity contribution in [3.05, 3.63) is 40.3 Å². The number of carbonyl (C=O) groups is 1. The van der Waals surface area contributed by atoms with E-state index in [1.54, 1.807) is 27.0 Å². The summed E-state index contributed by atoms with van der Waals surface area (Å²) in [5.74, 6) is -0.473. The minimum Gasteiger partial charge on any atom is -0.340 e. The summed E-state index contributed by atoms with van der Waals surface area (Å²) in [6.07, 6.45) is -3.25. The van der Waals surface area contributed by atoms with Crippen LogP contribution < -0.4 is 0 Å². The molecule has 29 heavy (non-hydrogen) atoms. The topological polar surface area (TPSA) is 38.1 Å². The first-order chi connectivity index (χ1) is 13.1. The van der Waals surface area contributed by atoms with Crippen LogP contribution in [0.15, 0.2) is 18.3 Å². The summed E-state index contributed by atoms with van der Waals surface area (Å²) >= 11 is 5.90. The van der Waals surface area contributed by atoms with Gasteiger partial charge in [0.2, 0.25) is 0 Å². The van der Waals surface area contributed by atoms with E-state index in [1.807, 2.05) is 20.8 Å². The lowest BCUT2D eigenvalue weighted by Gasteiger charge is -2.28. The fraction of sp³-hybridized carbons (Fsp3) is 0.524. The number of halogens is 4. The maximum atomic E-state index is 14.0. The molecule has 0 saturated heterocycles. The SMILES string of the molecule is Cc1c(-c2ccc(Cl)cn2)c(C(=O)N(C)CC(C)(C)C)n(C(C)C)c1C(F)(F)F. The summed E-state index contributed by atoms with van der Waals surface area (Å²) in [6, 6.07) is 2.51. The van der Waals surface area contributed by atoms with Gasteiger partial charge in [0.1, 0.15) is 11.4 Å². The molecule has 0 saturated carbocycles. The molecule has 160 valence electrons. The third-order valence-electron chi connectivity index (χ3n) is 4.48. The van der Waals surface area contributed by atoms with E-state index in [1.165, 1.54) is 24.1 Å². The maximum Gasteiger partial charge on any atom is 0.431 e. The average molecular weight is 430 g/mol. The number of pyridine rings is 1. The van der Waals surface area contributed by atoms with Crippen LogP contribution in [0.25, 0.3) is 11.3 Å². The third-order valence-corrected chi connectivity index (χ3v) is 4.70. The predicted octanol–water partition coefficient (Wildman–Crippen LogP) is 6.23. The molecular formula is C21H27ClF3N3O. The highest BCUT2D eigenvalue weighted by molar-refractivity contribution is 6.30. The molecule has 2 aromatic rings. The number of carbonyl (C=O) groups excluding carboxylic acids is 1. The van der Waals surface area contributed by atoms with E-state index >= 15 is 0 Å². The summed E-state index contributed by atoms with van der Waals surface area (Å²) in [4.78, 5) is 19.0. The van der Waals surface area contributed by atoms with Crippen LogP contribution in [-0.2, 0) is 6.18 Å². The lowest BCUT2D eigenvalue weighted by Crippen LogP contribution is -2.36. The minimum atomic E-state index is -4.61. The van der Waals surface area contributed by atoms with Crippen molar-refractivity contribution >= 4 is 17.5 Å². The maximum absolute atomic E-state index is 14.0. The molecule has 4 nitrogen and oxygen atoms in total. The number of rotatable bonds is 4. The Hall–Kier alpha value is -2.02. The third kappa shape index (κ3) is 4.94. The molecule has 0 aliphatic carbocycles. The lowest BCUT2D eigenvalue weighted by atomic mass is 9.96. The number of nitrogens with zero attached hydrogens (tertiary/aromatic N) is 3. The standard InChI is InChI=1S/C21H27ClF3N3O/c1-12(2)28-17(19(29)27(7)11-20(4,5)6)16(13(3)18(28)21(23,24)25)15-9-8-14(22)10-26-15/h8-10,12H,11H2,1-7H3. The second-order valence-corrected chi connectivity index (χ2v) is 9.18. The zero-order chi connectivity index (χ0) is 22.3. The Kier molecular flexibility index (Phi) is 6.43. The molecule has 8 heteroatoms. The number of hydrogen-bond acceptors (Lipinski definition) is 2. The fourth-order valence-corrected chi connectivity index (χ4v) is 3.70. The van der Waals surface area contributed by atoms with E-state index in [-0.39, 0.29) is 27.9 Å². The van der Waals surface area contributed by atoms with E-state index in [0.717, 1.165) is 4.57 Å². The molecule has 0 bridgehead atoms. The molecule has 0 radical (unpaired) electrons. The largest absolute Gasteiger partial charge is 0.431 e. The molecule has 0 N–H and O–H groups in total. The molecule has 0 aliphatic heterocycles. The first kappa shape index (κ1) is 23.3. The molecule has 0 aliphatic rings. The number of alkyl halides is 3. The predicted molar refractivity (Wildman–Crippen MR) is 109 cm³/mol. The van der Waals surface area contributed by atoms with Gasteiger partial charge in [-0.05, 0) is 43.9 Å². The van der Waals surface area contributed by atoms with Crippen LogP contribution in [0.4, 0.5) is 13.2 Å². The van der Waals surface area contributed by atoms with Crippen molar-refractivity contribution in [2.75, 3.05) is 13.6 Å². The van der Waals surface area contributed by atoms with Gasteiger partial charge < -0.3 is 9.47 Å². The minimum absolute atomic E-state index is 0.00797. The molecule has 0 spiro atoms. The van der Waals surface area contributed by atoms with Gasteiger partial charge in [0.25, 0.3) is 5.91 Å². The Bertz CT molecular complexity index is 894. The molecular weight excluding hydrogens is 403 g/mol. The van der Waals surface area contributed by atoms with Crippen LogP contribution in [0.1, 0.15) is 62.4 Å². The molecule has 1 amide bonds. The second-order valence-electron chi connectivity index (χ2n) is 8.74. The molecule has 0 fully saturated rings. The number of amides is 1. The Morgan fingerprint density at radius 2 is 1.83 bits per heavy atom. The number of aromatic nitrogens is 2. The van der Waals surface area contributed by atoms with Crippen molar-refractivity contribution < 1.29 is 18.0 Å². The Labute approximate surface area is 174 Å². The quantitative estimate of drug-likeness (QED) is 0.577. The van der Waals surface area contributed by atoms with E-state index in [4.69, 9.17) is 11.6 Å². The highest BCUT2D eigenvalue weighted by Crippen LogP contribution is 2.42. The van der Waals surface area contributed by atoms with Crippen LogP contribution in [-0.4, -0.2) is 34.0 Å². The first-order valence-corrected chi connectivity index (χ1v) is 9.72. The van der Waals surface area contributed by atoms with Gasteiger partial charge in [-0.15, -0.1) is 0 Å². The van der Waals surface area contributed by atoms with E-state index in [9.17, 15) is 18.0 Å². The van der Waals surface area contributed by atoms with Crippen LogP contribution >= 0.6 is 11.6 Å². The summed E-state index contributed by atoms with van der Waals surface area (Å²) in [6.45, 7) is 10.9. The van der Waals surface area contributed by atoms with Crippen molar-refractivity contribution in [3.63, 3.8) is 0 Å². The highest BCUT2D eigenvalue weighted by Gasteiger charge is 2.42. The Morgan fingerprint density at radius 1 is 1.24 bits per heavy atom. The van der Waals surface area contributed by atoms with Gasteiger partial charge in [0.05, 0.1) is 10.7 Å². The van der Waals surface area contributed by atoms with Gasteiger partial charge in [-0.25, -0.2) is 0 Å². The molecule has 2 heterocycles. The van der Waals surface area contributed by atoms with Crippen molar-refractivity contribution in [3.8, 4) is 11.3 Å². The summed E-state index contributed by atoms with van der Waals surface area (Å²) < 4.78 is 43.1. The van der Waals surface area contributed by atoms with Crippen molar-refractivity contribution in [2.45, 2.75) is 53.8 Å². The first-order valence-electron chi connectivity index (χ1n) is 9.34. The summed E-state index contributed by atoms with van der Waals surface area (Å²) in [5.41, 5.74) is -0.593. The Balaban J connectivity index is 2.85. The normalized spacial score (nSPS) is 12.6. The monoisotopic (exact) mass is 429 g/mol. The fourth-order valence-electron chi connectivity index (χ4n) is 3.59. The van der Waals surface area contributed by atoms with Crippen LogP contribution in [0.2, 0.25) is 5.02 Å². The zero-order valence-corrected chi connectivity index (χ0v) is 18.5. The zero-order valence-electron chi connectivity index (χ0n) is 17.8. The van der Waals surface area contributed by atoms with Gasteiger partial charge in [0, 0.05) is 31.4 Å². The van der Waals surface area contributed by atoms with Gasteiger partial charge in [-0.2, -0.15) is 13.2 Å². The molecule has 0 aromatic carbocycles. The second kappa shape index (κ2) is 8.01. The molecule has 2 aromatic heterocycles. The lowest BCUT2D eigenvalue weighted by molar-refractivity contribution is -0.144. The Morgan fingerprint density at radius 3 is 2.24 bits per heavy atom. The highest BCUT2D eigenvalue weighted by atomic mass is 35.5. The molecule has 0 unspecified atom stereocenters.